The quantitative estimate of drug-likeness (QED) is 0.0709. The van der Waals surface area contributed by atoms with Crippen molar-refractivity contribution in [3.63, 3.8) is 0 Å². The first kappa shape index (κ1) is 34.2. The number of nitrogens with zero attached hydrogens (tertiary/aromatic N) is 4. The van der Waals surface area contributed by atoms with E-state index < -0.39 is 5.54 Å². The van der Waals surface area contributed by atoms with Crippen molar-refractivity contribution in [2.45, 2.75) is 89.0 Å². The molecule has 0 amide bonds. The van der Waals surface area contributed by atoms with Crippen molar-refractivity contribution in [2.75, 3.05) is 0 Å². The first-order valence-corrected chi connectivity index (χ1v) is 17.8. The summed E-state index contributed by atoms with van der Waals surface area (Å²) in [6, 6.07) is 40.4. The lowest BCUT2D eigenvalue weighted by Crippen LogP contribution is -2.47. The first-order valence-electron chi connectivity index (χ1n) is 17.0. The molecule has 5 aromatic rings. The molecule has 0 radical (unpaired) electrons. The zero-order valence-electron chi connectivity index (χ0n) is 28.4. The van der Waals surface area contributed by atoms with Crippen LogP contribution in [0.25, 0.3) is 0 Å². The van der Waals surface area contributed by atoms with Crippen LogP contribution in [0.4, 0.5) is 0 Å². The number of hydrogen-bond donors (Lipinski definition) is 1. The van der Waals surface area contributed by atoms with Gasteiger partial charge < -0.3 is 9.31 Å². The second-order valence-electron chi connectivity index (χ2n) is 13.7. The Bertz CT molecular complexity index is 1620. The van der Waals surface area contributed by atoms with Crippen LogP contribution >= 0.6 is 15.9 Å². The normalized spacial score (nSPS) is 16.2. The number of rotatable bonds is 14. The molecule has 0 spiro atoms. The Balaban J connectivity index is 1.34. The Labute approximate surface area is 293 Å². The molecule has 6 rings (SSSR count). The summed E-state index contributed by atoms with van der Waals surface area (Å²) in [5, 5.41) is 17.6. The summed E-state index contributed by atoms with van der Waals surface area (Å²) in [5.74, 6) is 0.829. The summed E-state index contributed by atoms with van der Waals surface area (Å²) in [4.78, 5) is 0. The monoisotopic (exact) mass is 705 g/mol. The molecule has 1 aromatic heterocycles. The minimum Gasteiger partial charge on any atom is -0.403 e. The largest absolute Gasteiger partial charge is 0.457 e. The van der Waals surface area contributed by atoms with Crippen LogP contribution in [0, 0.1) is 0 Å². The van der Waals surface area contributed by atoms with Crippen molar-refractivity contribution in [1.29, 1.82) is 0 Å². The molecule has 1 aliphatic rings. The molecule has 0 aliphatic carbocycles. The van der Waals surface area contributed by atoms with E-state index in [0.29, 0.717) is 6.54 Å². The molecule has 1 saturated heterocycles. The molecule has 1 unspecified atom stereocenters. The van der Waals surface area contributed by atoms with Gasteiger partial charge in [-0.3, -0.25) is 5.32 Å². The highest BCUT2D eigenvalue weighted by atomic mass is 79.9. The third kappa shape index (κ3) is 7.50. The number of halogens is 1. The standard InChI is InChI=1S/C39H45BBrN5O2/c1-37(2)38(3,4)48-40(47-37)28-15-14-22-35(36-43-44-45-46(36)29-27-30-23-25-34(41)26-24-30)42-39(31-16-8-5-9-17-31,32-18-10-6-11-19-32)33-20-12-7-13-21-33/h5-13,16-21,23-26,35,42H,14-15,22,27-29H2,1-4H3. The van der Waals surface area contributed by atoms with Gasteiger partial charge in [-0.25, -0.2) is 4.68 Å². The van der Waals surface area contributed by atoms with Gasteiger partial charge >= 0.3 is 7.12 Å². The first-order chi connectivity index (χ1) is 23.2. The van der Waals surface area contributed by atoms with E-state index in [4.69, 9.17) is 9.31 Å². The fourth-order valence-corrected chi connectivity index (χ4v) is 6.85. The molecule has 1 atom stereocenters. The van der Waals surface area contributed by atoms with E-state index in [1.807, 2.05) is 4.68 Å². The summed E-state index contributed by atoms with van der Waals surface area (Å²) in [6.45, 7) is 9.11. The van der Waals surface area contributed by atoms with Crippen molar-refractivity contribution in [3.8, 4) is 0 Å². The summed E-state index contributed by atoms with van der Waals surface area (Å²) in [5.41, 5.74) is 3.36. The second-order valence-corrected chi connectivity index (χ2v) is 14.6. The highest BCUT2D eigenvalue weighted by Crippen LogP contribution is 2.41. The Morgan fingerprint density at radius 3 is 1.79 bits per heavy atom. The lowest BCUT2D eigenvalue weighted by molar-refractivity contribution is 0.00578. The van der Waals surface area contributed by atoms with Crippen LogP contribution in [0.15, 0.2) is 120 Å². The molecule has 0 bridgehead atoms. The predicted octanol–water partition coefficient (Wildman–Crippen LogP) is 8.56. The minimum atomic E-state index is -0.664. The van der Waals surface area contributed by atoms with Crippen molar-refractivity contribution in [3.05, 3.63) is 148 Å². The number of tetrazole rings is 1. The zero-order valence-corrected chi connectivity index (χ0v) is 29.9. The van der Waals surface area contributed by atoms with Crippen LogP contribution < -0.4 is 5.32 Å². The van der Waals surface area contributed by atoms with Crippen molar-refractivity contribution in [1.82, 2.24) is 25.5 Å². The molecule has 1 N–H and O–H groups in total. The van der Waals surface area contributed by atoms with Gasteiger partial charge in [0.15, 0.2) is 5.82 Å². The number of nitrogens with one attached hydrogen (secondary N) is 1. The van der Waals surface area contributed by atoms with Gasteiger partial charge in [0.2, 0.25) is 0 Å². The molecule has 1 fully saturated rings. The van der Waals surface area contributed by atoms with Crippen molar-refractivity contribution >= 4 is 23.0 Å². The van der Waals surface area contributed by atoms with Crippen LogP contribution in [-0.4, -0.2) is 38.5 Å². The van der Waals surface area contributed by atoms with Gasteiger partial charge in [0.25, 0.3) is 0 Å². The maximum atomic E-state index is 6.32. The van der Waals surface area contributed by atoms with Gasteiger partial charge in [-0.1, -0.05) is 132 Å². The molecule has 2 heterocycles. The van der Waals surface area contributed by atoms with E-state index in [2.05, 4.69) is 180 Å². The fourth-order valence-electron chi connectivity index (χ4n) is 6.59. The third-order valence-corrected chi connectivity index (χ3v) is 10.4. The average molecular weight is 707 g/mol. The summed E-state index contributed by atoms with van der Waals surface area (Å²) >= 11 is 3.55. The number of unbranched alkanes of at least 4 members (excludes halogenated alkanes) is 1. The Hall–Kier alpha value is -3.63. The molecule has 1 aliphatic heterocycles. The zero-order chi connectivity index (χ0) is 33.6. The SMILES string of the molecule is CC1(C)OB(CCCCC(NC(c2ccccc2)(c2ccccc2)c2ccccc2)c2nnnn2CCc2ccc(Br)cc2)OC1(C)C. The number of hydrogen-bond acceptors (Lipinski definition) is 6. The van der Waals surface area contributed by atoms with E-state index in [-0.39, 0.29) is 24.4 Å². The fraction of sp³-hybridized carbons (Fsp3) is 0.359. The van der Waals surface area contributed by atoms with Crippen LogP contribution in [0.1, 0.15) is 81.1 Å². The molecule has 0 saturated carbocycles. The topological polar surface area (TPSA) is 74.1 Å². The highest BCUT2D eigenvalue weighted by molar-refractivity contribution is 9.10. The van der Waals surface area contributed by atoms with Gasteiger partial charge in [0, 0.05) is 11.0 Å². The lowest BCUT2D eigenvalue weighted by atomic mass is 9.76. The molecule has 9 heteroatoms. The van der Waals surface area contributed by atoms with Crippen LogP contribution in [0.2, 0.25) is 6.32 Å². The molecular formula is C39H45BBrN5O2. The highest BCUT2D eigenvalue weighted by Gasteiger charge is 2.50. The summed E-state index contributed by atoms with van der Waals surface area (Å²) in [6.07, 6.45) is 4.36. The van der Waals surface area contributed by atoms with E-state index in [1.54, 1.807) is 0 Å². The predicted molar refractivity (Wildman–Crippen MR) is 195 cm³/mol. The van der Waals surface area contributed by atoms with Crippen LogP contribution in [0.5, 0.6) is 0 Å². The van der Waals surface area contributed by atoms with Crippen molar-refractivity contribution in [2.24, 2.45) is 0 Å². The van der Waals surface area contributed by atoms with Gasteiger partial charge in [-0.05, 0) is 91.7 Å². The van der Waals surface area contributed by atoms with Crippen LogP contribution in [0.3, 0.4) is 0 Å². The summed E-state index contributed by atoms with van der Waals surface area (Å²) < 4.78 is 15.7. The van der Waals surface area contributed by atoms with E-state index >= 15 is 0 Å². The second kappa shape index (κ2) is 14.9. The van der Waals surface area contributed by atoms with Gasteiger partial charge in [0.1, 0.15) is 0 Å². The third-order valence-electron chi connectivity index (χ3n) is 9.89. The number of aryl methyl sites for hydroxylation is 2. The molecular weight excluding hydrogens is 661 g/mol. The molecule has 48 heavy (non-hydrogen) atoms. The number of aromatic nitrogens is 4. The molecule has 248 valence electrons. The van der Waals surface area contributed by atoms with E-state index in [1.165, 1.54) is 5.56 Å². The average Bonchev–Trinajstić information content (AvgIpc) is 3.65. The van der Waals surface area contributed by atoms with Gasteiger partial charge in [0.05, 0.1) is 22.8 Å². The van der Waals surface area contributed by atoms with Crippen LogP contribution in [-0.2, 0) is 27.8 Å². The minimum absolute atomic E-state index is 0.163. The Morgan fingerprint density at radius 2 is 1.27 bits per heavy atom. The number of benzene rings is 4. The maximum Gasteiger partial charge on any atom is 0.457 e. The molecule has 7 nitrogen and oxygen atoms in total. The van der Waals surface area contributed by atoms with Crippen molar-refractivity contribution < 1.29 is 9.31 Å². The summed E-state index contributed by atoms with van der Waals surface area (Å²) in [7, 11) is -0.213. The lowest BCUT2D eigenvalue weighted by Gasteiger charge is -2.40. The van der Waals surface area contributed by atoms with Gasteiger partial charge in [-0.15, -0.1) is 5.10 Å². The van der Waals surface area contributed by atoms with E-state index in [9.17, 15) is 0 Å². The smallest absolute Gasteiger partial charge is 0.403 e. The maximum absolute atomic E-state index is 6.32. The van der Waals surface area contributed by atoms with Gasteiger partial charge in [-0.2, -0.15) is 0 Å². The van der Waals surface area contributed by atoms with E-state index in [0.717, 1.165) is 59.0 Å². The Morgan fingerprint density at radius 1 is 0.750 bits per heavy atom. The molecule has 4 aromatic carbocycles. The Kier molecular flexibility index (Phi) is 10.6.